The van der Waals surface area contributed by atoms with E-state index in [1.54, 1.807) is 7.05 Å². The van der Waals surface area contributed by atoms with Gasteiger partial charge in [0.1, 0.15) is 11.3 Å². The molecule has 1 atom stereocenters. The van der Waals surface area contributed by atoms with Crippen molar-refractivity contribution in [1.82, 2.24) is 10.6 Å². The minimum atomic E-state index is 0.302. The van der Waals surface area contributed by atoms with Gasteiger partial charge in [0, 0.05) is 45.2 Å². The van der Waals surface area contributed by atoms with Crippen LogP contribution in [0.3, 0.4) is 0 Å². The third-order valence-corrected chi connectivity index (χ3v) is 4.45. The number of para-hydroxylation sites is 1. The van der Waals surface area contributed by atoms with E-state index in [1.807, 2.05) is 18.2 Å². The SMILES string of the molecule is CN=C(NCCCOCC1CCCO1)NCCc1cc2ccccc2o1. The predicted octanol–water partition coefficient (Wildman–Crippen LogP) is 2.73. The molecule has 1 aromatic carbocycles. The van der Waals surface area contributed by atoms with Crippen LogP contribution in [0.2, 0.25) is 0 Å². The van der Waals surface area contributed by atoms with E-state index in [-0.39, 0.29) is 0 Å². The Hall–Kier alpha value is -2.05. The Balaban J connectivity index is 1.27. The number of ether oxygens (including phenoxy) is 2. The summed E-state index contributed by atoms with van der Waals surface area (Å²) in [6.45, 7) is 3.93. The number of nitrogens with zero attached hydrogens (tertiary/aromatic N) is 1. The maximum Gasteiger partial charge on any atom is 0.190 e. The van der Waals surface area contributed by atoms with Crippen molar-refractivity contribution in [2.75, 3.05) is 40.0 Å². The van der Waals surface area contributed by atoms with E-state index < -0.39 is 0 Å². The molecule has 1 fully saturated rings. The van der Waals surface area contributed by atoms with Crippen molar-refractivity contribution >= 4 is 16.9 Å². The lowest BCUT2D eigenvalue weighted by Gasteiger charge is -2.12. The predicted molar refractivity (Wildman–Crippen MR) is 104 cm³/mol. The molecule has 2 N–H and O–H groups in total. The molecule has 0 saturated carbocycles. The molecule has 26 heavy (non-hydrogen) atoms. The molecule has 0 bridgehead atoms. The van der Waals surface area contributed by atoms with E-state index in [9.17, 15) is 0 Å². The van der Waals surface area contributed by atoms with E-state index in [1.165, 1.54) is 0 Å². The van der Waals surface area contributed by atoms with Gasteiger partial charge >= 0.3 is 0 Å². The normalized spacial score (nSPS) is 17.7. The van der Waals surface area contributed by atoms with Crippen LogP contribution in [-0.4, -0.2) is 52.0 Å². The first-order valence-electron chi connectivity index (χ1n) is 9.46. The van der Waals surface area contributed by atoms with Crippen LogP contribution in [0.5, 0.6) is 0 Å². The summed E-state index contributed by atoms with van der Waals surface area (Å²) in [6, 6.07) is 10.2. The van der Waals surface area contributed by atoms with Gasteiger partial charge in [-0.1, -0.05) is 18.2 Å². The van der Waals surface area contributed by atoms with Crippen molar-refractivity contribution in [3.8, 4) is 0 Å². The van der Waals surface area contributed by atoms with E-state index in [0.717, 1.165) is 74.7 Å². The fourth-order valence-electron chi connectivity index (χ4n) is 3.06. The van der Waals surface area contributed by atoms with Crippen LogP contribution in [0, 0.1) is 0 Å². The number of hydrogen-bond acceptors (Lipinski definition) is 4. The Morgan fingerprint density at radius 2 is 2.15 bits per heavy atom. The molecule has 2 aromatic rings. The molecule has 1 aliphatic rings. The van der Waals surface area contributed by atoms with Gasteiger partial charge in [-0.05, 0) is 31.4 Å². The van der Waals surface area contributed by atoms with Gasteiger partial charge in [-0.25, -0.2) is 0 Å². The molecule has 6 heteroatoms. The molecular weight excluding hydrogens is 330 g/mol. The quantitative estimate of drug-likeness (QED) is 0.409. The standard InChI is InChI=1S/C20H29N3O3/c1-21-20(22-10-5-12-24-15-18-7-4-13-25-18)23-11-9-17-14-16-6-2-3-8-19(16)26-17/h2-3,6,8,14,18H,4-5,7,9-13,15H2,1H3,(H2,21,22,23). The number of aliphatic imine (C=N–C) groups is 1. The molecule has 142 valence electrons. The summed E-state index contributed by atoms with van der Waals surface area (Å²) in [6.07, 6.45) is 4.35. The lowest BCUT2D eigenvalue weighted by molar-refractivity contribution is 0.0168. The molecule has 6 nitrogen and oxygen atoms in total. The fourth-order valence-corrected chi connectivity index (χ4v) is 3.06. The van der Waals surface area contributed by atoms with Gasteiger partial charge in [0.05, 0.1) is 12.7 Å². The van der Waals surface area contributed by atoms with Gasteiger partial charge in [0.15, 0.2) is 5.96 Å². The Kier molecular flexibility index (Phi) is 7.34. The summed E-state index contributed by atoms with van der Waals surface area (Å²) in [5.41, 5.74) is 0.938. The van der Waals surface area contributed by atoms with Crippen molar-refractivity contribution in [3.63, 3.8) is 0 Å². The first-order valence-corrected chi connectivity index (χ1v) is 9.46. The minimum absolute atomic E-state index is 0.302. The summed E-state index contributed by atoms with van der Waals surface area (Å²) in [7, 11) is 1.78. The lowest BCUT2D eigenvalue weighted by atomic mass is 10.2. The van der Waals surface area contributed by atoms with Gasteiger partial charge in [0.25, 0.3) is 0 Å². The Bertz CT molecular complexity index is 659. The van der Waals surface area contributed by atoms with Gasteiger partial charge in [0.2, 0.25) is 0 Å². The number of furan rings is 1. The average Bonchev–Trinajstić information content (AvgIpc) is 3.32. The van der Waals surface area contributed by atoms with Gasteiger partial charge in [-0.2, -0.15) is 0 Å². The number of rotatable bonds is 9. The number of hydrogen-bond donors (Lipinski definition) is 2. The Labute approximate surface area is 155 Å². The smallest absolute Gasteiger partial charge is 0.190 e. The topological polar surface area (TPSA) is 68.0 Å². The second-order valence-electron chi connectivity index (χ2n) is 6.49. The first kappa shape index (κ1) is 18.7. The second-order valence-corrected chi connectivity index (χ2v) is 6.49. The van der Waals surface area contributed by atoms with Crippen LogP contribution in [0.1, 0.15) is 25.0 Å². The zero-order chi connectivity index (χ0) is 18.0. The summed E-state index contributed by atoms with van der Waals surface area (Å²) in [4.78, 5) is 4.25. The van der Waals surface area contributed by atoms with Crippen LogP contribution in [-0.2, 0) is 15.9 Å². The number of guanidine groups is 1. The van der Waals surface area contributed by atoms with Crippen molar-refractivity contribution in [2.45, 2.75) is 31.8 Å². The van der Waals surface area contributed by atoms with Gasteiger partial charge < -0.3 is 24.5 Å². The summed E-state index contributed by atoms with van der Waals surface area (Å²) >= 11 is 0. The van der Waals surface area contributed by atoms with E-state index in [4.69, 9.17) is 13.9 Å². The highest BCUT2D eigenvalue weighted by Crippen LogP contribution is 2.18. The molecule has 0 spiro atoms. The molecular formula is C20H29N3O3. The highest BCUT2D eigenvalue weighted by Gasteiger charge is 2.14. The molecule has 3 rings (SSSR count). The van der Waals surface area contributed by atoms with E-state index in [2.05, 4.69) is 27.8 Å². The first-order chi connectivity index (χ1) is 12.8. The largest absolute Gasteiger partial charge is 0.461 e. The average molecular weight is 359 g/mol. The van der Waals surface area contributed by atoms with Gasteiger partial charge in [-0.15, -0.1) is 0 Å². The molecule has 1 aromatic heterocycles. The molecule has 0 amide bonds. The van der Waals surface area contributed by atoms with Gasteiger partial charge in [-0.3, -0.25) is 4.99 Å². The van der Waals surface area contributed by atoms with Crippen molar-refractivity contribution in [2.24, 2.45) is 4.99 Å². The second kappa shape index (κ2) is 10.2. The third-order valence-electron chi connectivity index (χ3n) is 4.45. The zero-order valence-corrected chi connectivity index (χ0v) is 15.5. The van der Waals surface area contributed by atoms with E-state index in [0.29, 0.717) is 12.7 Å². The van der Waals surface area contributed by atoms with Crippen LogP contribution in [0.25, 0.3) is 11.0 Å². The van der Waals surface area contributed by atoms with Crippen LogP contribution in [0.4, 0.5) is 0 Å². The van der Waals surface area contributed by atoms with Crippen LogP contribution in [0.15, 0.2) is 39.7 Å². The van der Waals surface area contributed by atoms with E-state index >= 15 is 0 Å². The summed E-state index contributed by atoms with van der Waals surface area (Å²) in [5.74, 6) is 1.79. The van der Waals surface area contributed by atoms with Crippen LogP contribution >= 0.6 is 0 Å². The molecule has 0 aliphatic carbocycles. The molecule has 0 radical (unpaired) electrons. The number of fused-ring (bicyclic) bond motifs is 1. The maximum absolute atomic E-state index is 5.82. The zero-order valence-electron chi connectivity index (χ0n) is 15.5. The number of benzene rings is 1. The maximum atomic E-state index is 5.82. The Morgan fingerprint density at radius 1 is 1.27 bits per heavy atom. The van der Waals surface area contributed by atoms with Crippen molar-refractivity contribution in [1.29, 1.82) is 0 Å². The summed E-state index contributed by atoms with van der Waals surface area (Å²) in [5, 5.41) is 7.77. The number of nitrogens with one attached hydrogen (secondary N) is 2. The molecule has 1 aliphatic heterocycles. The van der Waals surface area contributed by atoms with Crippen molar-refractivity contribution in [3.05, 3.63) is 36.1 Å². The molecule has 2 heterocycles. The Morgan fingerprint density at radius 3 is 2.96 bits per heavy atom. The lowest BCUT2D eigenvalue weighted by Crippen LogP contribution is -2.39. The summed E-state index contributed by atoms with van der Waals surface area (Å²) < 4.78 is 17.0. The minimum Gasteiger partial charge on any atom is -0.461 e. The van der Waals surface area contributed by atoms with Crippen LogP contribution < -0.4 is 10.6 Å². The molecule has 1 saturated heterocycles. The monoisotopic (exact) mass is 359 g/mol. The third kappa shape index (κ3) is 5.75. The molecule has 1 unspecified atom stereocenters. The fraction of sp³-hybridized carbons (Fsp3) is 0.550. The highest BCUT2D eigenvalue weighted by molar-refractivity contribution is 5.79. The highest BCUT2D eigenvalue weighted by atomic mass is 16.5. The van der Waals surface area contributed by atoms with Crippen molar-refractivity contribution < 1.29 is 13.9 Å².